The zero-order valence-corrected chi connectivity index (χ0v) is 15.8. The number of ether oxygens (including phenoxy) is 3. The molecule has 2 aromatic rings. The highest BCUT2D eigenvalue weighted by Gasteiger charge is 2.31. The number of hydrogen-bond acceptors (Lipinski definition) is 4. The van der Waals surface area contributed by atoms with Gasteiger partial charge in [0, 0.05) is 25.1 Å². The number of piperidine rings is 1. The van der Waals surface area contributed by atoms with Crippen LogP contribution in [0.15, 0.2) is 42.5 Å². The van der Waals surface area contributed by atoms with E-state index in [0.717, 1.165) is 43.1 Å². The van der Waals surface area contributed by atoms with Crippen LogP contribution in [0, 0.1) is 11.7 Å². The Labute approximate surface area is 164 Å². The van der Waals surface area contributed by atoms with Crippen LogP contribution in [0.3, 0.4) is 0 Å². The van der Waals surface area contributed by atoms with Crippen molar-refractivity contribution >= 4 is 0 Å². The molecular weight excluding hydrogens is 364 g/mol. The summed E-state index contributed by atoms with van der Waals surface area (Å²) in [5, 5.41) is 0. The predicted molar refractivity (Wildman–Crippen MR) is 102 cm³/mol. The van der Waals surface area contributed by atoms with Crippen molar-refractivity contribution in [1.29, 1.82) is 0 Å². The van der Waals surface area contributed by atoms with Gasteiger partial charge in [0.1, 0.15) is 11.6 Å². The molecule has 4 rings (SSSR count). The summed E-state index contributed by atoms with van der Waals surface area (Å²) in [6, 6.07) is 12.3. The number of benzene rings is 2. The quantitative estimate of drug-likeness (QED) is 0.702. The highest BCUT2D eigenvalue weighted by Crippen LogP contribution is 2.37. The highest BCUT2D eigenvalue weighted by atomic mass is 19.1. The van der Waals surface area contributed by atoms with Crippen molar-refractivity contribution in [3.63, 3.8) is 0 Å². The van der Waals surface area contributed by atoms with E-state index in [0.29, 0.717) is 18.8 Å². The van der Waals surface area contributed by atoms with Crippen LogP contribution >= 0.6 is 0 Å². The predicted octanol–water partition coefficient (Wildman–Crippen LogP) is 4.40. The first-order chi connectivity index (χ1) is 13.7. The molecule has 4 nitrogen and oxygen atoms in total. The largest absolute Gasteiger partial charge is 0.493 e. The van der Waals surface area contributed by atoms with E-state index >= 15 is 0 Å². The molecule has 0 aromatic heterocycles. The van der Waals surface area contributed by atoms with Gasteiger partial charge in [-0.2, -0.15) is 0 Å². The first kappa shape index (κ1) is 19.0. The maximum absolute atomic E-state index is 13.3. The van der Waals surface area contributed by atoms with Crippen molar-refractivity contribution in [3.8, 4) is 17.2 Å². The Bertz CT molecular complexity index is 784. The SMILES string of the molecule is FCCCN1CC[C@H](c2ccc(F)cc2)[C@@H](COc2ccc3c(c2)OCO3)C1. The van der Waals surface area contributed by atoms with E-state index in [-0.39, 0.29) is 31.1 Å². The summed E-state index contributed by atoms with van der Waals surface area (Å²) in [4.78, 5) is 2.30. The van der Waals surface area contributed by atoms with Crippen LogP contribution in [0.5, 0.6) is 17.2 Å². The minimum absolute atomic E-state index is 0.225. The molecule has 2 atom stereocenters. The molecule has 2 aliphatic rings. The fourth-order valence-corrected chi connectivity index (χ4v) is 4.08. The maximum Gasteiger partial charge on any atom is 0.231 e. The van der Waals surface area contributed by atoms with E-state index < -0.39 is 0 Å². The molecule has 0 spiro atoms. The van der Waals surface area contributed by atoms with E-state index in [2.05, 4.69) is 4.90 Å². The Morgan fingerprint density at radius 1 is 1.07 bits per heavy atom. The van der Waals surface area contributed by atoms with Gasteiger partial charge in [-0.25, -0.2) is 4.39 Å². The molecule has 1 fully saturated rings. The van der Waals surface area contributed by atoms with Crippen molar-refractivity contribution in [3.05, 3.63) is 53.8 Å². The van der Waals surface area contributed by atoms with Gasteiger partial charge in [-0.3, -0.25) is 4.39 Å². The van der Waals surface area contributed by atoms with E-state index in [1.165, 1.54) is 12.1 Å². The zero-order valence-electron chi connectivity index (χ0n) is 15.8. The molecule has 0 radical (unpaired) electrons. The lowest BCUT2D eigenvalue weighted by molar-refractivity contribution is 0.108. The molecule has 0 unspecified atom stereocenters. The Hall–Kier alpha value is -2.34. The van der Waals surface area contributed by atoms with E-state index in [1.54, 1.807) is 0 Å². The third-order valence-corrected chi connectivity index (χ3v) is 5.53. The van der Waals surface area contributed by atoms with Crippen molar-refractivity contribution in [2.75, 3.05) is 39.7 Å². The van der Waals surface area contributed by atoms with Gasteiger partial charge in [0.2, 0.25) is 6.79 Å². The topological polar surface area (TPSA) is 30.9 Å². The number of fused-ring (bicyclic) bond motifs is 1. The van der Waals surface area contributed by atoms with E-state index in [4.69, 9.17) is 14.2 Å². The molecule has 6 heteroatoms. The molecule has 2 aliphatic heterocycles. The lowest BCUT2D eigenvalue weighted by Gasteiger charge is -2.38. The third-order valence-electron chi connectivity index (χ3n) is 5.53. The van der Waals surface area contributed by atoms with E-state index in [9.17, 15) is 8.78 Å². The first-order valence-electron chi connectivity index (χ1n) is 9.79. The molecule has 0 amide bonds. The number of rotatable bonds is 7. The fourth-order valence-electron chi connectivity index (χ4n) is 4.08. The smallest absolute Gasteiger partial charge is 0.231 e. The maximum atomic E-state index is 13.3. The van der Waals surface area contributed by atoms with Gasteiger partial charge < -0.3 is 19.1 Å². The summed E-state index contributed by atoms with van der Waals surface area (Å²) < 4.78 is 42.8. The second kappa shape index (κ2) is 8.78. The van der Waals surface area contributed by atoms with Crippen LogP contribution < -0.4 is 14.2 Å². The van der Waals surface area contributed by atoms with Gasteiger partial charge in [-0.15, -0.1) is 0 Å². The van der Waals surface area contributed by atoms with Gasteiger partial charge >= 0.3 is 0 Å². The Kier molecular flexibility index (Phi) is 5.95. The molecule has 2 aromatic carbocycles. The van der Waals surface area contributed by atoms with Crippen molar-refractivity contribution in [2.24, 2.45) is 5.92 Å². The van der Waals surface area contributed by atoms with Crippen LogP contribution in [0.25, 0.3) is 0 Å². The molecular formula is C22H25F2NO3. The molecule has 1 saturated heterocycles. The molecule has 28 heavy (non-hydrogen) atoms. The standard InChI is InChI=1S/C22H25F2NO3/c23-9-1-10-25-11-8-20(16-2-4-18(24)5-3-16)17(13-25)14-26-19-6-7-21-22(12-19)28-15-27-21/h2-7,12,17,20H,1,8-11,13-15H2/t17-,20-/m1/s1. The van der Waals surface area contributed by atoms with Crippen LogP contribution in [0.2, 0.25) is 0 Å². The third kappa shape index (κ3) is 4.38. The Balaban J connectivity index is 1.46. The van der Waals surface area contributed by atoms with Crippen LogP contribution in [0.1, 0.15) is 24.3 Å². The molecule has 0 aliphatic carbocycles. The monoisotopic (exact) mass is 389 g/mol. The Morgan fingerprint density at radius 3 is 2.71 bits per heavy atom. The van der Waals surface area contributed by atoms with Crippen molar-refractivity contribution in [2.45, 2.75) is 18.8 Å². The van der Waals surface area contributed by atoms with Gasteiger partial charge in [0.05, 0.1) is 13.3 Å². The lowest BCUT2D eigenvalue weighted by atomic mass is 9.81. The van der Waals surface area contributed by atoms with Gasteiger partial charge in [-0.05, 0) is 55.1 Å². The summed E-state index contributed by atoms with van der Waals surface area (Å²) in [6.45, 7) is 2.99. The molecule has 2 heterocycles. The number of alkyl halides is 1. The summed E-state index contributed by atoms with van der Waals surface area (Å²) in [6.07, 6.45) is 1.50. The first-order valence-corrected chi connectivity index (χ1v) is 9.79. The van der Waals surface area contributed by atoms with Crippen LogP contribution in [-0.4, -0.2) is 44.6 Å². The number of hydrogen-bond donors (Lipinski definition) is 0. The Morgan fingerprint density at radius 2 is 1.89 bits per heavy atom. The zero-order chi connectivity index (χ0) is 19.3. The molecule has 0 saturated carbocycles. The molecule has 150 valence electrons. The van der Waals surface area contributed by atoms with E-state index in [1.807, 2.05) is 30.3 Å². The van der Waals surface area contributed by atoms with Crippen LogP contribution in [-0.2, 0) is 0 Å². The van der Waals surface area contributed by atoms with Crippen molar-refractivity contribution < 1.29 is 23.0 Å². The van der Waals surface area contributed by atoms with Gasteiger partial charge in [0.15, 0.2) is 11.5 Å². The average Bonchev–Trinajstić information content (AvgIpc) is 3.19. The second-order valence-corrected chi connectivity index (χ2v) is 7.38. The second-order valence-electron chi connectivity index (χ2n) is 7.38. The summed E-state index contributed by atoms with van der Waals surface area (Å²) in [5.74, 6) is 2.47. The number of likely N-dealkylation sites (tertiary alicyclic amines) is 1. The van der Waals surface area contributed by atoms with Crippen molar-refractivity contribution in [1.82, 2.24) is 4.90 Å². The summed E-state index contributed by atoms with van der Waals surface area (Å²) in [7, 11) is 0. The highest BCUT2D eigenvalue weighted by molar-refractivity contribution is 5.46. The number of nitrogens with zero attached hydrogens (tertiary/aromatic N) is 1. The summed E-state index contributed by atoms with van der Waals surface area (Å²) >= 11 is 0. The minimum atomic E-state index is -0.295. The van der Waals surface area contributed by atoms with Crippen LogP contribution in [0.4, 0.5) is 8.78 Å². The summed E-state index contributed by atoms with van der Waals surface area (Å²) in [5.41, 5.74) is 1.13. The average molecular weight is 389 g/mol. The normalized spacial score (nSPS) is 21.6. The molecule has 0 bridgehead atoms. The van der Waals surface area contributed by atoms with Gasteiger partial charge in [-0.1, -0.05) is 12.1 Å². The fraction of sp³-hybridized carbons (Fsp3) is 0.455. The molecule has 0 N–H and O–H groups in total. The lowest BCUT2D eigenvalue weighted by Crippen LogP contribution is -2.42. The number of halogens is 2. The van der Waals surface area contributed by atoms with Gasteiger partial charge in [0.25, 0.3) is 0 Å². The minimum Gasteiger partial charge on any atom is -0.493 e.